The lowest BCUT2D eigenvalue weighted by Crippen LogP contribution is -2.54. The number of carbonyl (C=O) groups is 6. The van der Waals surface area contributed by atoms with Crippen molar-refractivity contribution in [2.24, 2.45) is 0 Å². The summed E-state index contributed by atoms with van der Waals surface area (Å²) in [6.07, 6.45) is -1.71. The maximum absolute atomic E-state index is 13.1. The topological polar surface area (TPSA) is 187 Å². The van der Waals surface area contributed by atoms with Gasteiger partial charge in [-0.25, -0.2) is 9.59 Å². The molecule has 4 amide bonds. The first-order chi connectivity index (χ1) is 19.4. The van der Waals surface area contributed by atoms with Crippen molar-refractivity contribution in [3.8, 4) is 5.75 Å². The van der Waals surface area contributed by atoms with Gasteiger partial charge in [0.1, 0.15) is 35.6 Å². The number of benzene rings is 1. The molecule has 0 aromatic heterocycles. The number of esters is 1. The van der Waals surface area contributed by atoms with E-state index in [1.165, 1.54) is 19.1 Å². The zero-order valence-corrected chi connectivity index (χ0v) is 25.4. The molecule has 0 radical (unpaired) electrons. The van der Waals surface area contributed by atoms with Crippen LogP contribution in [0.4, 0.5) is 9.59 Å². The monoisotopic (exact) mass is 594 g/mol. The van der Waals surface area contributed by atoms with Gasteiger partial charge in [0.05, 0.1) is 13.2 Å². The molecule has 0 unspecified atom stereocenters. The molecule has 1 aromatic rings. The van der Waals surface area contributed by atoms with Crippen LogP contribution in [0.25, 0.3) is 0 Å². The lowest BCUT2D eigenvalue weighted by molar-refractivity contribution is -0.143. The molecular formula is C28H42N4O10. The lowest BCUT2D eigenvalue weighted by Gasteiger charge is -2.24. The molecule has 0 aliphatic heterocycles. The molecule has 1 aromatic carbocycles. The van der Waals surface area contributed by atoms with Gasteiger partial charge in [0.2, 0.25) is 17.7 Å². The van der Waals surface area contributed by atoms with Crippen molar-refractivity contribution in [2.45, 2.75) is 85.1 Å². The zero-order chi connectivity index (χ0) is 32.1. The Morgan fingerprint density at radius 3 is 1.93 bits per heavy atom. The third-order valence-electron chi connectivity index (χ3n) is 4.87. The zero-order valence-electron chi connectivity index (χ0n) is 25.4. The van der Waals surface area contributed by atoms with Crippen LogP contribution in [0.1, 0.15) is 61.0 Å². The number of carbonyl (C=O) groups excluding carboxylic acids is 6. The highest BCUT2D eigenvalue weighted by Gasteiger charge is 2.27. The van der Waals surface area contributed by atoms with E-state index < -0.39 is 65.8 Å². The average Bonchev–Trinajstić information content (AvgIpc) is 2.84. The lowest BCUT2D eigenvalue weighted by atomic mass is 10.0. The number of amides is 4. The smallest absolute Gasteiger partial charge is 0.465 e. The second-order valence-electron chi connectivity index (χ2n) is 11.1. The number of nitrogens with one attached hydrogen (secondary N) is 4. The van der Waals surface area contributed by atoms with E-state index in [9.17, 15) is 28.8 Å². The van der Waals surface area contributed by atoms with Crippen molar-refractivity contribution in [3.63, 3.8) is 0 Å². The van der Waals surface area contributed by atoms with E-state index in [1.54, 1.807) is 60.6 Å². The van der Waals surface area contributed by atoms with Gasteiger partial charge >= 0.3 is 18.2 Å². The molecule has 14 heteroatoms. The van der Waals surface area contributed by atoms with Crippen LogP contribution >= 0.6 is 0 Å². The molecule has 1 rings (SSSR count). The Morgan fingerprint density at radius 2 is 1.38 bits per heavy atom. The highest BCUT2D eigenvalue weighted by atomic mass is 16.7. The Hall–Kier alpha value is -4.36. The fourth-order valence-electron chi connectivity index (χ4n) is 3.10. The van der Waals surface area contributed by atoms with Crippen molar-refractivity contribution < 1.29 is 47.7 Å². The Kier molecular flexibility index (Phi) is 13.7. The number of hydrogen-bond acceptors (Lipinski definition) is 10. The quantitative estimate of drug-likeness (QED) is 0.158. The van der Waals surface area contributed by atoms with Gasteiger partial charge in [0.25, 0.3) is 0 Å². The third kappa shape index (κ3) is 15.4. The molecule has 0 aliphatic rings. The molecule has 14 nitrogen and oxygen atoms in total. The van der Waals surface area contributed by atoms with Gasteiger partial charge < -0.3 is 40.2 Å². The van der Waals surface area contributed by atoms with Crippen molar-refractivity contribution in [1.82, 2.24) is 21.3 Å². The minimum atomic E-state index is -1.15. The van der Waals surface area contributed by atoms with Gasteiger partial charge in [0, 0.05) is 6.42 Å². The summed E-state index contributed by atoms with van der Waals surface area (Å²) in [5.41, 5.74) is -0.958. The Bertz CT molecular complexity index is 1110. The number of ether oxygens (including phenoxy) is 4. The minimum absolute atomic E-state index is 0.00238. The molecule has 4 N–H and O–H groups in total. The summed E-state index contributed by atoms with van der Waals surface area (Å²) in [6.45, 7) is 12.5. The van der Waals surface area contributed by atoms with Crippen LogP contribution in [0, 0.1) is 0 Å². The van der Waals surface area contributed by atoms with Crippen molar-refractivity contribution in [3.05, 3.63) is 29.8 Å². The van der Waals surface area contributed by atoms with Gasteiger partial charge in [-0.2, -0.15) is 0 Å². The largest absolute Gasteiger partial charge is 0.514 e. The summed E-state index contributed by atoms with van der Waals surface area (Å²) >= 11 is 0. The second kappa shape index (κ2) is 16.2. The fourth-order valence-corrected chi connectivity index (χ4v) is 3.10. The standard InChI is InChI=1S/C28H42N4O10/c1-9-39-22(34)16-29-21(33)15-30-23(35)17(2)31-24(36)20(32-25(37)41-27(3,4)5)14-18-10-12-19(13-11-18)40-26(38)42-28(6,7)8/h10-13,17,20H,9,14-16H2,1-8H3,(H,29,33)(H,30,35)(H,31,36)(H,32,37)/t17-,20-/m0/s1. The SMILES string of the molecule is CCOC(=O)CNC(=O)CNC(=O)[C@H](C)NC(=O)[C@H](Cc1ccc(OC(=O)OC(C)(C)C)cc1)NC(=O)OC(C)(C)C. The van der Waals surface area contributed by atoms with E-state index in [1.807, 2.05) is 0 Å². The van der Waals surface area contributed by atoms with Crippen LogP contribution < -0.4 is 26.0 Å². The third-order valence-corrected chi connectivity index (χ3v) is 4.87. The van der Waals surface area contributed by atoms with Gasteiger partial charge in [0.15, 0.2) is 0 Å². The van der Waals surface area contributed by atoms with Crippen molar-refractivity contribution >= 4 is 35.9 Å². The molecule has 0 aliphatic carbocycles. The van der Waals surface area contributed by atoms with Gasteiger partial charge in [-0.15, -0.1) is 0 Å². The fraction of sp³-hybridized carbons (Fsp3) is 0.571. The number of rotatable bonds is 12. The Labute approximate surface area is 245 Å². The summed E-state index contributed by atoms with van der Waals surface area (Å²) < 4.78 is 20.2. The van der Waals surface area contributed by atoms with Crippen LogP contribution in [0.3, 0.4) is 0 Å². The van der Waals surface area contributed by atoms with Crippen molar-refractivity contribution in [1.29, 1.82) is 0 Å². The molecule has 0 bridgehead atoms. The summed E-state index contributed by atoms with van der Waals surface area (Å²) in [5, 5.41) is 9.67. The predicted octanol–water partition coefficient (Wildman–Crippen LogP) is 1.74. The predicted molar refractivity (Wildman–Crippen MR) is 150 cm³/mol. The summed E-state index contributed by atoms with van der Waals surface area (Å²) in [6, 6.07) is 3.97. The number of hydrogen-bond donors (Lipinski definition) is 4. The van der Waals surface area contributed by atoms with Crippen LogP contribution in [-0.2, 0) is 39.8 Å². The van der Waals surface area contributed by atoms with Gasteiger partial charge in [-0.3, -0.25) is 19.2 Å². The van der Waals surface area contributed by atoms with E-state index >= 15 is 0 Å². The minimum Gasteiger partial charge on any atom is -0.465 e. The maximum Gasteiger partial charge on any atom is 0.514 e. The molecule has 0 saturated heterocycles. The van der Waals surface area contributed by atoms with Crippen molar-refractivity contribution in [2.75, 3.05) is 19.7 Å². The molecule has 0 fully saturated rings. The first-order valence-corrected chi connectivity index (χ1v) is 13.4. The highest BCUT2D eigenvalue weighted by molar-refractivity contribution is 5.93. The molecule has 0 spiro atoms. The highest BCUT2D eigenvalue weighted by Crippen LogP contribution is 2.17. The van der Waals surface area contributed by atoms with Gasteiger partial charge in [-0.05, 0) is 73.1 Å². The first-order valence-electron chi connectivity index (χ1n) is 13.4. The summed E-state index contributed by atoms with van der Waals surface area (Å²) in [5.74, 6) is -2.39. The van der Waals surface area contributed by atoms with Crippen LogP contribution in [-0.4, -0.2) is 78.9 Å². The van der Waals surface area contributed by atoms with E-state index in [-0.39, 0.29) is 25.3 Å². The van der Waals surface area contributed by atoms with Gasteiger partial charge in [-0.1, -0.05) is 12.1 Å². The van der Waals surface area contributed by atoms with E-state index in [0.29, 0.717) is 5.56 Å². The molecule has 42 heavy (non-hydrogen) atoms. The Morgan fingerprint density at radius 1 is 0.786 bits per heavy atom. The van der Waals surface area contributed by atoms with E-state index in [0.717, 1.165) is 0 Å². The van der Waals surface area contributed by atoms with Crippen LogP contribution in [0.15, 0.2) is 24.3 Å². The van der Waals surface area contributed by atoms with Crippen LogP contribution in [0.5, 0.6) is 5.75 Å². The molecule has 0 saturated carbocycles. The summed E-state index contributed by atoms with van der Waals surface area (Å²) in [4.78, 5) is 73.1. The molecule has 234 valence electrons. The molecule has 0 heterocycles. The number of alkyl carbamates (subject to hydrolysis) is 1. The second-order valence-corrected chi connectivity index (χ2v) is 11.1. The average molecular weight is 595 g/mol. The van der Waals surface area contributed by atoms with E-state index in [4.69, 9.17) is 18.9 Å². The summed E-state index contributed by atoms with van der Waals surface area (Å²) in [7, 11) is 0. The Balaban J connectivity index is 2.85. The molecule has 2 atom stereocenters. The maximum atomic E-state index is 13.1. The van der Waals surface area contributed by atoms with E-state index in [2.05, 4.69) is 21.3 Å². The normalized spacial score (nSPS) is 12.6. The van der Waals surface area contributed by atoms with Crippen LogP contribution in [0.2, 0.25) is 0 Å². The molecular weight excluding hydrogens is 552 g/mol. The first kappa shape index (κ1) is 35.7.